The van der Waals surface area contributed by atoms with E-state index in [-0.39, 0.29) is 17.2 Å². The number of unbranched alkanes of at least 4 members (excludes halogenated alkanes) is 3. The quantitative estimate of drug-likeness (QED) is 0.381. The highest BCUT2D eigenvalue weighted by molar-refractivity contribution is 7.09. The lowest BCUT2D eigenvalue weighted by molar-refractivity contribution is -0.129. The third-order valence-corrected chi connectivity index (χ3v) is 5.83. The molecule has 0 bridgehead atoms. The number of ether oxygens (including phenoxy) is 1. The number of nitrogens with one attached hydrogen (secondary N) is 1. The fourth-order valence-corrected chi connectivity index (χ4v) is 3.87. The van der Waals surface area contributed by atoms with Crippen LogP contribution in [0, 0.1) is 0 Å². The Morgan fingerprint density at radius 2 is 1.90 bits per heavy atom. The zero-order valence-electron chi connectivity index (χ0n) is 17.8. The standard InChI is InChI=1S/C23H27N3O4S/c1-3-4-5-8-13-26-22(28)19-12-7-6-11-18(19)20(25-26)23(29)30-16(2)21(27)24-15-17-10-9-14-31-17/h6-7,9-12,14,16H,3-5,8,13,15H2,1-2H3,(H,24,27). The van der Waals surface area contributed by atoms with Gasteiger partial charge in [0.15, 0.2) is 11.8 Å². The molecular weight excluding hydrogens is 414 g/mol. The maximum absolute atomic E-state index is 12.9. The Balaban J connectivity index is 1.76. The van der Waals surface area contributed by atoms with Gasteiger partial charge < -0.3 is 10.1 Å². The van der Waals surface area contributed by atoms with Gasteiger partial charge in [-0.25, -0.2) is 9.48 Å². The zero-order valence-corrected chi connectivity index (χ0v) is 18.6. The summed E-state index contributed by atoms with van der Waals surface area (Å²) in [5, 5.41) is 9.82. The molecule has 8 heteroatoms. The minimum atomic E-state index is -0.988. The highest BCUT2D eigenvalue weighted by Crippen LogP contribution is 2.16. The number of hydrogen-bond donors (Lipinski definition) is 1. The van der Waals surface area contributed by atoms with Crippen molar-refractivity contribution >= 4 is 34.0 Å². The van der Waals surface area contributed by atoms with Gasteiger partial charge in [0.25, 0.3) is 11.5 Å². The Kier molecular flexibility index (Phi) is 7.94. The number of nitrogens with zero attached hydrogens (tertiary/aromatic N) is 2. The van der Waals surface area contributed by atoms with Crippen molar-refractivity contribution < 1.29 is 14.3 Å². The van der Waals surface area contributed by atoms with E-state index in [2.05, 4.69) is 17.3 Å². The lowest BCUT2D eigenvalue weighted by Crippen LogP contribution is -2.36. The van der Waals surface area contributed by atoms with Crippen LogP contribution < -0.4 is 10.9 Å². The Morgan fingerprint density at radius 3 is 2.61 bits per heavy atom. The molecule has 164 valence electrons. The monoisotopic (exact) mass is 441 g/mol. The molecule has 0 aliphatic rings. The van der Waals surface area contributed by atoms with Gasteiger partial charge in [0.2, 0.25) is 0 Å². The van der Waals surface area contributed by atoms with E-state index in [1.165, 1.54) is 22.9 Å². The lowest BCUT2D eigenvalue weighted by atomic mass is 10.1. The highest BCUT2D eigenvalue weighted by atomic mass is 32.1. The zero-order chi connectivity index (χ0) is 22.2. The Bertz CT molecular complexity index is 1090. The van der Waals surface area contributed by atoms with Gasteiger partial charge in [0.05, 0.1) is 11.9 Å². The second-order valence-corrected chi connectivity index (χ2v) is 8.36. The van der Waals surface area contributed by atoms with E-state index >= 15 is 0 Å². The van der Waals surface area contributed by atoms with Gasteiger partial charge >= 0.3 is 5.97 Å². The van der Waals surface area contributed by atoms with Crippen molar-refractivity contribution in [3.8, 4) is 0 Å². The first kappa shape index (κ1) is 22.7. The van der Waals surface area contributed by atoms with Crippen LogP contribution in [-0.4, -0.2) is 27.8 Å². The number of thiophene rings is 1. The number of benzene rings is 1. The molecule has 1 atom stereocenters. The van der Waals surface area contributed by atoms with Crippen LogP contribution in [0.25, 0.3) is 10.8 Å². The molecule has 1 amide bonds. The molecule has 2 heterocycles. The first-order valence-corrected chi connectivity index (χ1v) is 11.4. The highest BCUT2D eigenvalue weighted by Gasteiger charge is 2.23. The SMILES string of the molecule is CCCCCCn1nc(C(=O)OC(C)C(=O)NCc2cccs2)c2ccccc2c1=O. The minimum absolute atomic E-state index is 0.0450. The van der Waals surface area contributed by atoms with E-state index in [1.807, 2.05) is 17.5 Å². The molecule has 0 fully saturated rings. The van der Waals surface area contributed by atoms with Crippen LogP contribution in [0.2, 0.25) is 0 Å². The smallest absolute Gasteiger partial charge is 0.360 e. The summed E-state index contributed by atoms with van der Waals surface area (Å²) in [5.74, 6) is -1.11. The summed E-state index contributed by atoms with van der Waals surface area (Å²) in [6, 6.07) is 10.7. The van der Waals surface area contributed by atoms with Crippen molar-refractivity contribution in [2.45, 2.75) is 58.7 Å². The molecule has 0 aliphatic heterocycles. The molecule has 0 radical (unpaired) electrons. The number of rotatable bonds is 10. The van der Waals surface area contributed by atoms with Crippen molar-refractivity contribution in [3.05, 3.63) is 62.7 Å². The van der Waals surface area contributed by atoms with Crippen LogP contribution in [-0.2, 0) is 22.6 Å². The van der Waals surface area contributed by atoms with Gasteiger partial charge in [-0.05, 0) is 30.9 Å². The summed E-state index contributed by atoms with van der Waals surface area (Å²) in [5.41, 5.74) is -0.186. The predicted octanol–water partition coefficient (Wildman–Crippen LogP) is 3.90. The summed E-state index contributed by atoms with van der Waals surface area (Å²) < 4.78 is 6.72. The van der Waals surface area contributed by atoms with Crippen molar-refractivity contribution in [3.63, 3.8) is 0 Å². The van der Waals surface area contributed by atoms with Crippen LogP contribution >= 0.6 is 11.3 Å². The molecule has 0 aliphatic carbocycles. The fourth-order valence-electron chi connectivity index (χ4n) is 3.23. The number of amides is 1. The predicted molar refractivity (Wildman–Crippen MR) is 121 cm³/mol. The van der Waals surface area contributed by atoms with E-state index in [9.17, 15) is 14.4 Å². The Labute approximate surface area is 185 Å². The molecule has 7 nitrogen and oxygen atoms in total. The van der Waals surface area contributed by atoms with Crippen molar-refractivity contribution in [2.24, 2.45) is 0 Å². The molecule has 3 aromatic rings. The molecule has 0 saturated carbocycles. The first-order chi connectivity index (χ1) is 15.0. The lowest BCUT2D eigenvalue weighted by Gasteiger charge is -2.15. The van der Waals surface area contributed by atoms with Crippen LogP contribution in [0.3, 0.4) is 0 Å². The molecule has 0 saturated heterocycles. The average Bonchev–Trinajstić information content (AvgIpc) is 3.30. The van der Waals surface area contributed by atoms with Gasteiger partial charge in [-0.1, -0.05) is 50.5 Å². The van der Waals surface area contributed by atoms with Gasteiger partial charge in [-0.2, -0.15) is 5.10 Å². The largest absolute Gasteiger partial charge is 0.448 e. The molecule has 1 N–H and O–H groups in total. The summed E-state index contributed by atoms with van der Waals surface area (Å²) >= 11 is 1.54. The van der Waals surface area contributed by atoms with Crippen LogP contribution in [0.5, 0.6) is 0 Å². The summed E-state index contributed by atoms with van der Waals surface area (Å²) in [7, 11) is 0. The van der Waals surface area contributed by atoms with Crippen molar-refractivity contribution in [1.29, 1.82) is 0 Å². The average molecular weight is 442 g/mol. The van der Waals surface area contributed by atoms with Gasteiger partial charge in [0.1, 0.15) is 0 Å². The second kappa shape index (κ2) is 10.9. The first-order valence-electron chi connectivity index (χ1n) is 10.5. The fraction of sp³-hybridized carbons (Fsp3) is 0.391. The molecule has 31 heavy (non-hydrogen) atoms. The second-order valence-electron chi connectivity index (χ2n) is 7.33. The summed E-state index contributed by atoms with van der Waals surface area (Å²) in [4.78, 5) is 39.0. The number of aromatic nitrogens is 2. The number of fused-ring (bicyclic) bond motifs is 1. The third-order valence-electron chi connectivity index (χ3n) is 4.95. The van der Waals surface area contributed by atoms with E-state index < -0.39 is 12.1 Å². The number of hydrogen-bond acceptors (Lipinski definition) is 6. The number of aryl methyl sites for hydroxylation is 1. The molecule has 1 aromatic carbocycles. The Morgan fingerprint density at radius 1 is 1.13 bits per heavy atom. The normalized spacial score (nSPS) is 11.9. The van der Waals surface area contributed by atoms with Crippen LogP contribution in [0.4, 0.5) is 0 Å². The van der Waals surface area contributed by atoms with E-state index in [0.717, 1.165) is 30.6 Å². The molecule has 3 rings (SSSR count). The third kappa shape index (κ3) is 5.79. The Hall–Kier alpha value is -3.00. The summed E-state index contributed by atoms with van der Waals surface area (Å²) in [6.45, 7) is 4.44. The van der Waals surface area contributed by atoms with Gasteiger partial charge in [-0.15, -0.1) is 11.3 Å². The van der Waals surface area contributed by atoms with Crippen LogP contribution in [0.15, 0.2) is 46.6 Å². The number of carbonyl (C=O) groups is 2. The van der Waals surface area contributed by atoms with Gasteiger partial charge in [-0.3, -0.25) is 9.59 Å². The topological polar surface area (TPSA) is 90.3 Å². The van der Waals surface area contributed by atoms with Gasteiger partial charge in [0, 0.05) is 16.8 Å². The maximum Gasteiger partial charge on any atom is 0.360 e. The number of esters is 1. The van der Waals surface area contributed by atoms with E-state index in [4.69, 9.17) is 4.74 Å². The van der Waals surface area contributed by atoms with Crippen molar-refractivity contribution in [1.82, 2.24) is 15.1 Å². The molecule has 0 spiro atoms. The number of carbonyl (C=O) groups excluding carboxylic acids is 2. The summed E-state index contributed by atoms with van der Waals surface area (Å²) in [6.07, 6.45) is 2.96. The van der Waals surface area contributed by atoms with Crippen LogP contribution in [0.1, 0.15) is 54.9 Å². The maximum atomic E-state index is 12.9. The molecule has 2 aromatic heterocycles. The van der Waals surface area contributed by atoms with E-state index in [0.29, 0.717) is 23.9 Å². The minimum Gasteiger partial charge on any atom is -0.448 e. The van der Waals surface area contributed by atoms with Crippen molar-refractivity contribution in [2.75, 3.05) is 0 Å². The van der Waals surface area contributed by atoms with E-state index in [1.54, 1.807) is 24.3 Å². The molecular formula is C23H27N3O4S. The molecule has 1 unspecified atom stereocenters.